The Morgan fingerprint density at radius 1 is 0.708 bits per heavy atom. The molecule has 0 bridgehead atoms. The fourth-order valence-corrected chi connectivity index (χ4v) is 2.93. The van der Waals surface area contributed by atoms with Crippen LogP contribution in [0.15, 0.2) is 66.7 Å². The molecule has 0 atom stereocenters. The van der Waals surface area contributed by atoms with Gasteiger partial charge in [0.15, 0.2) is 0 Å². The van der Waals surface area contributed by atoms with E-state index in [-0.39, 0.29) is 16.9 Å². The Morgan fingerprint density at radius 3 is 1.92 bits per heavy atom. The third-order valence-electron chi connectivity index (χ3n) is 4.67. The lowest BCUT2D eigenvalue weighted by Crippen LogP contribution is -2.18. The first-order chi connectivity index (χ1) is 11.4. The van der Waals surface area contributed by atoms with Gasteiger partial charge in [0, 0.05) is 11.0 Å². The lowest BCUT2D eigenvalue weighted by molar-refractivity contribution is 0.474. The van der Waals surface area contributed by atoms with Crippen LogP contribution in [0.3, 0.4) is 0 Å². The fraction of sp³-hybridized carbons (Fsp3) is 0.182. The van der Waals surface area contributed by atoms with Crippen molar-refractivity contribution in [2.45, 2.75) is 26.2 Å². The van der Waals surface area contributed by atoms with E-state index in [1.54, 1.807) is 18.2 Å². The zero-order chi connectivity index (χ0) is 17.3. The van der Waals surface area contributed by atoms with E-state index in [1.807, 2.05) is 55.5 Å². The smallest absolute Gasteiger partial charge is 0.123 e. The Labute approximate surface area is 143 Å². The van der Waals surface area contributed by atoms with Crippen molar-refractivity contribution >= 4 is 0 Å². The molecule has 3 rings (SSSR count). The predicted molar refractivity (Wildman–Crippen MR) is 98.5 cm³/mol. The van der Waals surface area contributed by atoms with Crippen molar-refractivity contribution in [3.05, 3.63) is 83.4 Å². The van der Waals surface area contributed by atoms with E-state index in [0.717, 1.165) is 22.3 Å². The van der Waals surface area contributed by atoms with Gasteiger partial charge in [-0.15, -0.1) is 0 Å². The summed E-state index contributed by atoms with van der Waals surface area (Å²) in [7, 11) is 0. The maximum absolute atomic E-state index is 10.3. The van der Waals surface area contributed by atoms with E-state index in [2.05, 4.69) is 13.8 Å². The first kappa shape index (κ1) is 16.1. The van der Waals surface area contributed by atoms with Crippen LogP contribution < -0.4 is 0 Å². The minimum atomic E-state index is -0.235. The number of rotatable bonds is 3. The van der Waals surface area contributed by atoms with Crippen LogP contribution in [0.25, 0.3) is 11.1 Å². The van der Waals surface area contributed by atoms with Gasteiger partial charge in [-0.3, -0.25) is 0 Å². The number of benzene rings is 3. The van der Waals surface area contributed by atoms with E-state index in [9.17, 15) is 10.2 Å². The van der Waals surface area contributed by atoms with Gasteiger partial charge in [-0.05, 0) is 47.9 Å². The molecule has 0 heterocycles. The van der Waals surface area contributed by atoms with Crippen LogP contribution in [0.2, 0.25) is 0 Å². The second-order valence-electron chi connectivity index (χ2n) is 6.77. The number of hydrogen-bond acceptors (Lipinski definition) is 2. The second kappa shape index (κ2) is 6.04. The van der Waals surface area contributed by atoms with Crippen molar-refractivity contribution in [2.24, 2.45) is 0 Å². The van der Waals surface area contributed by atoms with Crippen molar-refractivity contribution in [1.29, 1.82) is 0 Å². The Hall–Kier alpha value is -2.74. The summed E-state index contributed by atoms with van der Waals surface area (Å²) in [4.78, 5) is 0. The summed E-state index contributed by atoms with van der Waals surface area (Å²) >= 11 is 0. The number of aryl methyl sites for hydroxylation is 1. The summed E-state index contributed by atoms with van der Waals surface area (Å²) in [6, 6.07) is 21.2. The SMILES string of the molecule is Cc1ccc(-c2cc(C(C)(C)c3ccc(O)cc3)ccc2O)cc1. The molecule has 0 saturated heterocycles. The normalized spacial score (nSPS) is 11.5. The topological polar surface area (TPSA) is 40.5 Å². The molecule has 3 aromatic rings. The first-order valence-electron chi connectivity index (χ1n) is 8.08. The van der Waals surface area contributed by atoms with Crippen molar-refractivity contribution in [1.82, 2.24) is 0 Å². The molecule has 0 fully saturated rings. The summed E-state index contributed by atoms with van der Waals surface area (Å²) in [6.07, 6.45) is 0. The van der Waals surface area contributed by atoms with E-state index in [0.29, 0.717) is 0 Å². The summed E-state index contributed by atoms with van der Waals surface area (Å²) in [5, 5.41) is 19.8. The molecule has 2 nitrogen and oxygen atoms in total. The summed E-state index contributed by atoms with van der Waals surface area (Å²) in [6.45, 7) is 6.34. The molecule has 2 N–H and O–H groups in total. The highest BCUT2D eigenvalue weighted by Crippen LogP contribution is 2.37. The quantitative estimate of drug-likeness (QED) is 0.679. The average molecular weight is 318 g/mol. The number of hydrogen-bond donors (Lipinski definition) is 2. The molecule has 0 unspecified atom stereocenters. The monoisotopic (exact) mass is 318 g/mol. The summed E-state index contributed by atoms with van der Waals surface area (Å²) in [5.74, 6) is 0.546. The van der Waals surface area contributed by atoms with Crippen molar-refractivity contribution in [2.75, 3.05) is 0 Å². The zero-order valence-electron chi connectivity index (χ0n) is 14.2. The van der Waals surface area contributed by atoms with E-state index < -0.39 is 0 Å². The molecule has 24 heavy (non-hydrogen) atoms. The molecular formula is C22H22O2. The Morgan fingerprint density at radius 2 is 1.29 bits per heavy atom. The third-order valence-corrected chi connectivity index (χ3v) is 4.67. The first-order valence-corrected chi connectivity index (χ1v) is 8.08. The minimum absolute atomic E-state index is 0.235. The van der Waals surface area contributed by atoms with Crippen LogP contribution in [0.4, 0.5) is 0 Å². The fourth-order valence-electron chi connectivity index (χ4n) is 2.93. The molecule has 0 saturated carbocycles. The van der Waals surface area contributed by atoms with Crippen molar-refractivity contribution in [3.63, 3.8) is 0 Å². The van der Waals surface area contributed by atoms with Crippen molar-refractivity contribution < 1.29 is 10.2 Å². The van der Waals surface area contributed by atoms with Gasteiger partial charge in [0.1, 0.15) is 11.5 Å². The van der Waals surface area contributed by atoms with Gasteiger partial charge < -0.3 is 10.2 Å². The maximum atomic E-state index is 10.3. The lowest BCUT2D eigenvalue weighted by atomic mass is 9.77. The number of phenols is 2. The standard InChI is InChI=1S/C22H22O2/c1-15-4-6-16(7-5-15)20-14-18(10-13-21(20)24)22(2,3)17-8-11-19(23)12-9-17/h4-14,23-24H,1-3H3. The highest BCUT2D eigenvalue weighted by atomic mass is 16.3. The van der Waals surface area contributed by atoms with Crippen LogP contribution in [0.5, 0.6) is 11.5 Å². The Balaban J connectivity index is 2.07. The second-order valence-corrected chi connectivity index (χ2v) is 6.77. The molecule has 0 amide bonds. The molecule has 0 aliphatic carbocycles. The largest absolute Gasteiger partial charge is 0.508 e. The van der Waals surface area contributed by atoms with Crippen LogP contribution >= 0.6 is 0 Å². The highest BCUT2D eigenvalue weighted by Gasteiger charge is 2.24. The van der Waals surface area contributed by atoms with Gasteiger partial charge >= 0.3 is 0 Å². The summed E-state index contributed by atoms with van der Waals surface area (Å²) < 4.78 is 0. The van der Waals surface area contributed by atoms with Gasteiger partial charge in [0.2, 0.25) is 0 Å². The maximum Gasteiger partial charge on any atom is 0.123 e. The third kappa shape index (κ3) is 3.00. The molecule has 0 aliphatic rings. The molecular weight excluding hydrogens is 296 g/mol. The lowest BCUT2D eigenvalue weighted by Gasteiger charge is -2.27. The Bertz CT molecular complexity index is 844. The van der Waals surface area contributed by atoms with Crippen LogP contribution in [-0.4, -0.2) is 10.2 Å². The highest BCUT2D eigenvalue weighted by molar-refractivity contribution is 5.71. The molecule has 0 radical (unpaired) electrons. The predicted octanol–water partition coefficient (Wildman–Crippen LogP) is 5.40. The summed E-state index contributed by atoms with van der Waals surface area (Å²) in [5.41, 5.74) is 5.02. The molecule has 122 valence electrons. The van der Waals surface area contributed by atoms with E-state index >= 15 is 0 Å². The molecule has 3 aromatic carbocycles. The van der Waals surface area contributed by atoms with Crippen LogP contribution in [0, 0.1) is 6.92 Å². The van der Waals surface area contributed by atoms with Gasteiger partial charge in [-0.25, -0.2) is 0 Å². The van der Waals surface area contributed by atoms with Gasteiger partial charge in [-0.1, -0.05) is 61.9 Å². The van der Waals surface area contributed by atoms with E-state index in [4.69, 9.17) is 0 Å². The number of phenolic OH excluding ortho intramolecular Hbond substituents is 2. The van der Waals surface area contributed by atoms with Crippen molar-refractivity contribution in [3.8, 4) is 22.6 Å². The van der Waals surface area contributed by atoms with Gasteiger partial charge in [0.05, 0.1) is 0 Å². The molecule has 2 heteroatoms. The van der Waals surface area contributed by atoms with E-state index in [1.165, 1.54) is 5.56 Å². The Kier molecular flexibility index (Phi) is 4.06. The number of aromatic hydroxyl groups is 2. The van der Waals surface area contributed by atoms with Crippen LogP contribution in [0.1, 0.15) is 30.5 Å². The minimum Gasteiger partial charge on any atom is -0.508 e. The van der Waals surface area contributed by atoms with Crippen LogP contribution in [-0.2, 0) is 5.41 Å². The zero-order valence-corrected chi connectivity index (χ0v) is 14.2. The molecule has 0 spiro atoms. The molecule has 0 aromatic heterocycles. The molecule has 0 aliphatic heterocycles. The average Bonchev–Trinajstić information content (AvgIpc) is 2.56. The van der Waals surface area contributed by atoms with Gasteiger partial charge in [-0.2, -0.15) is 0 Å². The van der Waals surface area contributed by atoms with Gasteiger partial charge in [0.25, 0.3) is 0 Å².